The maximum atomic E-state index is 6.64. The molecule has 0 aliphatic heterocycles. The number of hydrogen-bond acceptors (Lipinski definition) is 1. The quantitative estimate of drug-likeness (QED) is 0.633. The molecule has 1 heterocycles. The second kappa shape index (κ2) is 4.93. The second-order valence-electron chi connectivity index (χ2n) is 6.20. The van der Waals surface area contributed by atoms with E-state index < -0.39 is 0 Å². The number of hydrogen-bond donors (Lipinski definition) is 0. The molecule has 0 radical (unpaired) electrons. The van der Waals surface area contributed by atoms with E-state index in [4.69, 9.17) is 11.6 Å². The van der Waals surface area contributed by atoms with Crippen LogP contribution in [-0.4, -0.2) is 5.38 Å². The first-order valence-corrected chi connectivity index (χ1v) is 7.93. The van der Waals surface area contributed by atoms with Gasteiger partial charge in [-0.2, -0.15) is 0 Å². The van der Waals surface area contributed by atoms with Gasteiger partial charge in [0.2, 0.25) is 0 Å². The average Bonchev–Trinajstić information content (AvgIpc) is 2.64. The summed E-state index contributed by atoms with van der Waals surface area (Å²) in [4.78, 5) is 1.53. The van der Waals surface area contributed by atoms with E-state index in [9.17, 15) is 0 Å². The van der Waals surface area contributed by atoms with Crippen molar-refractivity contribution >= 4 is 22.9 Å². The molecule has 1 aromatic heterocycles. The number of halogens is 1. The molecule has 0 bridgehead atoms. The molecule has 17 heavy (non-hydrogen) atoms. The highest BCUT2D eigenvalue weighted by Crippen LogP contribution is 2.46. The SMILES string of the molecule is Cc1ccsc1C(C)(C)C1CCC(C)CC1Cl. The first kappa shape index (κ1) is 13.4. The molecule has 0 saturated heterocycles. The molecule has 0 N–H and O–H groups in total. The van der Waals surface area contributed by atoms with Crippen molar-refractivity contribution in [1.82, 2.24) is 0 Å². The topological polar surface area (TPSA) is 0 Å². The van der Waals surface area contributed by atoms with Crippen LogP contribution < -0.4 is 0 Å². The van der Waals surface area contributed by atoms with Crippen molar-refractivity contribution in [1.29, 1.82) is 0 Å². The third-order valence-corrected chi connectivity index (χ3v) is 6.25. The molecule has 1 saturated carbocycles. The van der Waals surface area contributed by atoms with E-state index in [1.54, 1.807) is 0 Å². The van der Waals surface area contributed by atoms with Crippen LogP contribution in [-0.2, 0) is 5.41 Å². The average molecular weight is 271 g/mol. The van der Waals surface area contributed by atoms with E-state index in [0.29, 0.717) is 11.3 Å². The molecule has 0 aromatic carbocycles. The minimum Gasteiger partial charge on any atom is -0.148 e. The summed E-state index contributed by atoms with van der Waals surface area (Å²) in [5.41, 5.74) is 1.66. The third-order valence-electron chi connectivity index (χ3n) is 4.41. The van der Waals surface area contributed by atoms with Crippen molar-refractivity contribution < 1.29 is 0 Å². The molecule has 2 heteroatoms. The summed E-state index contributed by atoms with van der Waals surface area (Å²) in [6, 6.07) is 2.23. The molecule has 0 amide bonds. The van der Waals surface area contributed by atoms with Gasteiger partial charge < -0.3 is 0 Å². The Kier molecular flexibility index (Phi) is 3.89. The Bertz CT molecular complexity index is 380. The normalized spacial score (nSPS) is 30.5. The Hall–Kier alpha value is -0.0100. The van der Waals surface area contributed by atoms with Gasteiger partial charge in [-0.25, -0.2) is 0 Å². The fraction of sp³-hybridized carbons (Fsp3) is 0.733. The predicted molar refractivity (Wildman–Crippen MR) is 78.2 cm³/mol. The number of aryl methyl sites for hydroxylation is 1. The third kappa shape index (κ3) is 2.56. The van der Waals surface area contributed by atoms with Crippen LogP contribution in [0.25, 0.3) is 0 Å². The molecule has 0 nitrogen and oxygen atoms in total. The van der Waals surface area contributed by atoms with Gasteiger partial charge in [-0.15, -0.1) is 22.9 Å². The van der Waals surface area contributed by atoms with Crippen LogP contribution in [0.3, 0.4) is 0 Å². The molecule has 0 spiro atoms. The predicted octanol–water partition coefficient (Wildman–Crippen LogP) is 5.38. The Morgan fingerprint density at radius 2 is 2.06 bits per heavy atom. The zero-order valence-corrected chi connectivity index (χ0v) is 12.9. The first-order chi connectivity index (χ1) is 7.93. The number of alkyl halides is 1. The summed E-state index contributed by atoms with van der Waals surface area (Å²) in [7, 11) is 0. The molecule has 1 aliphatic rings. The van der Waals surface area contributed by atoms with Gasteiger partial charge in [-0.3, -0.25) is 0 Å². The summed E-state index contributed by atoms with van der Waals surface area (Å²) >= 11 is 8.53. The van der Waals surface area contributed by atoms with Gasteiger partial charge in [0, 0.05) is 15.7 Å². The minimum atomic E-state index is 0.227. The second-order valence-corrected chi connectivity index (χ2v) is 7.67. The first-order valence-electron chi connectivity index (χ1n) is 6.61. The van der Waals surface area contributed by atoms with E-state index in [1.807, 2.05) is 11.3 Å². The zero-order valence-electron chi connectivity index (χ0n) is 11.3. The van der Waals surface area contributed by atoms with E-state index in [-0.39, 0.29) is 5.41 Å². The number of thiophene rings is 1. The lowest BCUT2D eigenvalue weighted by molar-refractivity contribution is 0.210. The van der Waals surface area contributed by atoms with Crippen LogP contribution >= 0.6 is 22.9 Å². The standard InChI is InChI=1S/C15H23ClS/c1-10-5-6-12(13(16)9-10)15(3,4)14-11(2)7-8-17-14/h7-8,10,12-13H,5-6,9H2,1-4H3. The lowest BCUT2D eigenvalue weighted by atomic mass is 9.67. The van der Waals surface area contributed by atoms with E-state index in [2.05, 4.69) is 39.1 Å². The molecule has 1 fully saturated rings. The number of rotatable bonds is 2. The highest BCUT2D eigenvalue weighted by atomic mass is 35.5. The van der Waals surface area contributed by atoms with Crippen LogP contribution in [0.5, 0.6) is 0 Å². The fourth-order valence-corrected chi connectivity index (χ4v) is 5.19. The Labute approximate surface area is 114 Å². The maximum absolute atomic E-state index is 6.64. The Morgan fingerprint density at radius 3 is 2.59 bits per heavy atom. The smallest absolute Gasteiger partial charge is 0.0375 e. The molecular weight excluding hydrogens is 248 g/mol. The van der Waals surface area contributed by atoms with Crippen molar-refractivity contribution in [3.05, 3.63) is 21.9 Å². The molecule has 1 aliphatic carbocycles. The van der Waals surface area contributed by atoms with Crippen molar-refractivity contribution in [3.63, 3.8) is 0 Å². The Balaban J connectivity index is 2.24. The molecule has 96 valence electrons. The molecule has 2 rings (SSSR count). The van der Waals surface area contributed by atoms with Gasteiger partial charge in [0.05, 0.1) is 0 Å². The monoisotopic (exact) mass is 270 g/mol. The lowest BCUT2D eigenvalue weighted by Crippen LogP contribution is -2.38. The van der Waals surface area contributed by atoms with Crippen LogP contribution in [0.1, 0.15) is 50.5 Å². The summed E-state index contributed by atoms with van der Waals surface area (Å²) < 4.78 is 0. The lowest BCUT2D eigenvalue weighted by Gasteiger charge is -2.41. The van der Waals surface area contributed by atoms with Crippen LogP contribution in [0.4, 0.5) is 0 Å². The maximum Gasteiger partial charge on any atom is 0.0375 e. The van der Waals surface area contributed by atoms with Crippen LogP contribution in [0.15, 0.2) is 11.4 Å². The zero-order chi connectivity index (χ0) is 12.6. The molecule has 3 atom stereocenters. The largest absolute Gasteiger partial charge is 0.148 e. The van der Waals surface area contributed by atoms with E-state index >= 15 is 0 Å². The molecular formula is C15H23ClS. The van der Waals surface area contributed by atoms with Crippen molar-refractivity contribution in [3.8, 4) is 0 Å². The van der Waals surface area contributed by atoms with Crippen molar-refractivity contribution in [2.45, 2.75) is 57.7 Å². The Morgan fingerprint density at radius 1 is 1.35 bits per heavy atom. The van der Waals surface area contributed by atoms with Gasteiger partial charge in [0.15, 0.2) is 0 Å². The van der Waals surface area contributed by atoms with Crippen molar-refractivity contribution in [2.24, 2.45) is 11.8 Å². The summed E-state index contributed by atoms with van der Waals surface area (Å²) in [6.45, 7) is 9.31. The summed E-state index contributed by atoms with van der Waals surface area (Å²) in [6.07, 6.45) is 3.79. The van der Waals surface area contributed by atoms with Crippen LogP contribution in [0.2, 0.25) is 0 Å². The van der Waals surface area contributed by atoms with Gasteiger partial charge in [-0.05, 0) is 48.6 Å². The van der Waals surface area contributed by atoms with Gasteiger partial charge in [0.25, 0.3) is 0 Å². The summed E-state index contributed by atoms with van der Waals surface area (Å²) in [5.74, 6) is 1.42. The van der Waals surface area contributed by atoms with E-state index in [1.165, 1.54) is 29.7 Å². The highest BCUT2D eigenvalue weighted by Gasteiger charge is 2.40. The van der Waals surface area contributed by atoms with Gasteiger partial charge >= 0.3 is 0 Å². The van der Waals surface area contributed by atoms with Gasteiger partial charge in [0.1, 0.15) is 0 Å². The molecule has 1 aromatic rings. The summed E-state index contributed by atoms with van der Waals surface area (Å²) in [5, 5.41) is 2.55. The van der Waals surface area contributed by atoms with Crippen LogP contribution in [0, 0.1) is 18.8 Å². The fourth-order valence-electron chi connectivity index (χ4n) is 3.33. The van der Waals surface area contributed by atoms with Gasteiger partial charge in [-0.1, -0.05) is 27.2 Å². The van der Waals surface area contributed by atoms with E-state index in [0.717, 1.165) is 5.92 Å². The van der Waals surface area contributed by atoms with Crippen molar-refractivity contribution in [2.75, 3.05) is 0 Å². The molecule has 3 unspecified atom stereocenters. The highest BCUT2D eigenvalue weighted by molar-refractivity contribution is 7.10. The minimum absolute atomic E-state index is 0.227.